The summed E-state index contributed by atoms with van der Waals surface area (Å²) < 4.78 is 16.4. The molecule has 0 aromatic heterocycles. The lowest BCUT2D eigenvalue weighted by Crippen LogP contribution is -2.48. The third-order valence-electron chi connectivity index (χ3n) is 5.31. The predicted octanol–water partition coefficient (Wildman–Crippen LogP) is 2.75. The van der Waals surface area contributed by atoms with Gasteiger partial charge in [-0.15, -0.1) is 0 Å². The Hall–Kier alpha value is -2.89. The Bertz CT molecular complexity index is 814. The number of hydrogen-bond donors (Lipinski definition) is 0. The minimum Gasteiger partial charge on any atom is -0.497 e. The highest BCUT2D eigenvalue weighted by molar-refractivity contribution is 5.77. The number of hydrogen-bond acceptors (Lipinski definition) is 5. The van der Waals surface area contributed by atoms with Gasteiger partial charge in [-0.1, -0.05) is 12.1 Å². The Morgan fingerprint density at radius 3 is 2.39 bits per heavy atom. The van der Waals surface area contributed by atoms with Gasteiger partial charge < -0.3 is 24.0 Å². The van der Waals surface area contributed by atoms with Crippen molar-refractivity contribution >= 4 is 11.6 Å². The van der Waals surface area contributed by atoms with Gasteiger partial charge in [-0.25, -0.2) is 0 Å². The van der Waals surface area contributed by atoms with Crippen LogP contribution in [0.15, 0.2) is 42.5 Å². The minimum absolute atomic E-state index is 0.220. The van der Waals surface area contributed by atoms with E-state index in [0.717, 1.165) is 61.1 Å². The molecule has 2 aliphatic rings. The maximum absolute atomic E-state index is 12.6. The van der Waals surface area contributed by atoms with Gasteiger partial charge in [0.15, 0.2) is 11.5 Å². The highest BCUT2D eigenvalue weighted by Gasteiger charge is 2.22. The van der Waals surface area contributed by atoms with E-state index in [9.17, 15) is 4.79 Å². The van der Waals surface area contributed by atoms with Crippen molar-refractivity contribution in [3.05, 3.63) is 48.0 Å². The number of piperazine rings is 1. The first kappa shape index (κ1) is 18.5. The third kappa shape index (κ3) is 4.16. The summed E-state index contributed by atoms with van der Waals surface area (Å²) >= 11 is 0. The number of benzene rings is 2. The molecule has 2 aromatic rings. The van der Waals surface area contributed by atoms with Crippen LogP contribution in [0.4, 0.5) is 5.69 Å². The summed E-state index contributed by atoms with van der Waals surface area (Å²) in [5.41, 5.74) is 2.28. The number of fused-ring (bicyclic) bond motifs is 1. The van der Waals surface area contributed by atoms with Crippen LogP contribution in [-0.2, 0) is 11.2 Å². The normalized spacial score (nSPS) is 16.0. The number of nitrogens with zero attached hydrogens (tertiary/aromatic N) is 2. The average molecular weight is 382 g/mol. The van der Waals surface area contributed by atoms with E-state index in [-0.39, 0.29) is 5.91 Å². The monoisotopic (exact) mass is 382 g/mol. The second-order valence-electron chi connectivity index (χ2n) is 7.04. The molecule has 0 bridgehead atoms. The Kier molecular flexibility index (Phi) is 5.55. The van der Waals surface area contributed by atoms with Crippen molar-refractivity contribution in [3.8, 4) is 17.2 Å². The number of carbonyl (C=O) groups excluding carboxylic acids is 1. The molecule has 0 N–H and O–H groups in total. The molecular weight excluding hydrogens is 356 g/mol. The fourth-order valence-electron chi connectivity index (χ4n) is 3.64. The average Bonchev–Trinajstić information content (AvgIpc) is 2.77. The Balaban J connectivity index is 1.28. The number of ether oxygens (including phenoxy) is 3. The van der Waals surface area contributed by atoms with Crippen molar-refractivity contribution in [2.75, 3.05) is 51.4 Å². The zero-order valence-corrected chi connectivity index (χ0v) is 16.2. The Labute approximate surface area is 165 Å². The van der Waals surface area contributed by atoms with Gasteiger partial charge in [0.2, 0.25) is 5.91 Å². The van der Waals surface area contributed by atoms with Crippen molar-refractivity contribution in [2.45, 2.75) is 12.8 Å². The summed E-state index contributed by atoms with van der Waals surface area (Å²) in [6, 6.07) is 14.0. The highest BCUT2D eigenvalue weighted by Crippen LogP contribution is 2.34. The van der Waals surface area contributed by atoms with E-state index in [1.54, 1.807) is 7.11 Å². The molecule has 1 saturated heterocycles. The maximum Gasteiger partial charge on any atom is 0.223 e. The zero-order chi connectivity index (χ0) is 19.3. The molecule has 0 atom stereocenters. The van der Waals surface area contributed by atoms with Gasteiger partial charge in [0.25, 0.3) is 0 Å². The third-order valence-corrected chi connectivity index (χ3v) is 5.31. The van der Waals surface area contributed by atoms with E-state index in [2.05, 4.69) is 11.0 Å². The topological polar surface area (TPSA) is 51.2 Å². The molecule has 0 spiro atoms. The molecule has 6 heteroatoms. The molecule has 28 heavy (non-hydrogen) atoms. The summed E-state index contributed by atoms with van der Waals surface area (Å²) in [5, 5.41) is 0. The van der Waals surface area contributed by atoms with E-state index >= 15 is 0 Å². The van der Waals surface area contributed by atoms with Gasteiger partial charge in [0, 0.05) is 44.4 Å². The van der Waals surface area contributed by atoms with E-state index in [4.69, 9.17) is 14.2 Å². The first-order valence-corrected chi connectivity index (χ1v) is 9.78. The van der Waals surface area contributed by atoms with Gasteiger partial charge in [-0.3, -0.25) is 4.79 Å². The fraction of sp³-hybridized carbons (Fsp3) is 0.409. The van der Waals surface area contributed by atoms with Gasteiger partial charge >= 0.3 is 0 Å². The molecule has 4 rings (SSSR count). The van der Waals surface area contributed by atoms with E-state index < -0.39 is 0 Å². The standard InChI is InChI=1S/C22H26N2O4/c1-26-19-6-2-17(3-7-19)4-9-22(25)24-12-10-23(11-13-24)18-5-8-20-21(16-18)28-15-14-27-20/h2-3,5-8,16H,4,9-15H2,1H3. The predicted molar refractivity (Wildman–Crippen MR) is 108 cm³/mol. The molecule has 0 aliphatic carbocycles. The number of methoxy groups -OCH3 is 1. The van der Waals surface area contributed by atoms with Gasteiger partial charge in [-0.05, 0) is 36.2 Å². The molecule has 2 aromatic carbocycles. The quantitative estimate of drug-likeness (QED) is 0.796. The number of amides is 1. The number of aryl methyl sites for hydroxylation is 1. The molecule has 2 aliphatic heterocycles. The number of rotatable bonds is 5. The maximum atomic E-state index is 12.6. The van der Waals surface area contributed by atoms with Crippen molar-refractivity contribution in [1.29, 1.82) is 0 Å². The SMILES string of the molecule is COc1ccc(CCC(=O)N2CCN(c3ccc4c(c3)OCCO4)CC2)cc1. The molecule has 1 amide bonds. The van der Waals surface area contributed by atoms with Crippen LogP contribution in [0.25, 0.3) is 0 Å². The van der Waals surface area contributed by atoms with Crippen LogP contribution in [-0.4, -0.2) is 57.3 Å². The first-order chi connectivity index (χ1) is 13.7. The lowest BCUT2D eigenvalue weighted by atomic mass is 10.1. The van der Waals surface area contributed by atoms with Crippen LogP contribution < -0.4 is 19.1 Å². The molecular formula is C22H26N2O4. The molecule has 0 saturated carbocycles. The van der Waals surface area contributed by atoms with E-state index in [0.29, 0.717) is 19.6 Å². The van der Waals surface area contributed by atoms with Crippen LogP contribution in [0.1, 0.15) is 12.0 Å². The molecule has 0 unspecified atom stereocenters. The van der Waals surface area contributed by atoms with E-state index in [1.165, 1.54) is 0 Å². The second-order valence-corrected chi connectivity index (χ2v) is 7.04. The van der Waals surface area contributed by atoms with E-state index in [1.807, 2.05) is 41.3 Å². The van der Waals surface area contributed by atoms with Crippen molar-refractivity contribution in [3.63, 3.8) is 0 Å². The summed E-state index contributed by atoms with van der Waals surface area (Å²) in [5.74, 6) is 2.67. The second kappa shape index (κ2) is 8.42. The fourth-order valence-corrected chi connectivity index (χ4v) is 3.64. The largest absolute Gasteiger partial charge is 0.497 e. The minimum atomic E-state index is 0.220. The lowest BCUT2D eigenvalue weighted by Gasteiger charge is -2.36. The van der Waals surface area contributed by atoms with Crippen molar-refractivity contribution < 1.29 is 19.0 Å². The zero-order valence-electron chi connectivity index (χ0n) is 16.2. The molecule has 0 radical (unpaired) electrons. The highest BCUT2D eigenvalue weighted by atomic mass is 16.6. The number of anilines is 1. The van der Waals surface area contributed by atoms with Crippen LogP contribution in [0, 0.1) is 0 Å². The van der Waals surface area contributed by atoms with Crippen molar-refractivity contribution in [2.24, 2.45) is 0 Å². The lowest BCUT2D eigenvalue weighted by molar-refractivity contribution is -0.131. The molecule has 2 heterocycles. The summed E-state index contributed by atoms with van der Waals surface area (Å²) in [6.07, 6.45) is 1.29. The Morgan fingerprint density at radius 2 is 1.68 bits per heavy atom. The molecule has 148 valence electrons. The molecule has 6 nitrogen and oxygen atoms in total. The van der Waals surface area contributed by atoms with Gasteiger partial charge in [-0.2, -0.15) is 0 Å². The van der Waals surface area contributed by atoms with Crippen LogP contribution in [0.3, 0.4) is 0 Å². The van der Waals surface area contributed by atoms with Gasteiger partial charge in [0.1, 0.15) is 19.0 Å². The first-order valence-electron chi connectivity index (χ1n) is 9.78. The summed E-state index contributed by atoms with van der Waals surface area (Å²) in [7, 11) is 1.66. The summed E-state index contributed by atoms with van der Waals surface area (Å²) in [6.45, 7) is 4.34. The van der Waals surface area contributed by atoms with Crippen LogP contribution in [0.5, 0.6) is 17.2 Å². The molecule has 1 fully saturated rings. The number of carbonyl (C=O) groups is 1. The van der Waals surface area contributed by atoms with Crippen LogP contribution >= 0.6 is 0 Å². The van der Waals surface area contributed by atoms with Gasteiger partial charge in [0.05, 0.1) is 7.11 Å². The smallest absolute Gasteiger partial charge is 0.223 e. The summed E-state index contributed by atoms with van der Waals surface area (Å²) in [4.78, 5) is 16.8. The van der Waals surface area contributed by atoms with Crippen LogP contribution in [0.2, 0.25) is 0 Å². The Morgan fingerprint density at radius 1 is 0.964 bits per heavy atom. The van der Waals surface area contributed by atoms with Crippen molar-refractivity contribution in [1.82, 2.24) is 4.90 Å².